The molecule has 0 spiro atoms. The molecule has 1 aliphatic carbocycles. The van der Waals surface area contributed by atoms with E-state index < -0.39 is 0 Å². The van der Waals surface area contributed by atoms with Gasteiger partial charge in [0, 0.05) is 13.2 Å². The smallest absolute Gasteiger partial charge is 0.160 e. The fourth-order valence-corrected chi connectivity index (χ4v) is 2.87. The minimum Gasteiger partial charge on any atom is -0.487 e. The summed E-state index contributed by atoms with van der Waals surface area (Å²) >= 11 is 0. The van der Waals surface area contributed by atoms with Gasteiger partial charge in [-0.05, 0) is 44.3 Å². The molecule has 0 N–H and O–H groups in total. The van der Waals surface area contributed by atoms with Crippen LogP contribution in [0.5, 0.6) is 0 Å². The lowest BCUT2D eigenvalue weighted by Gasteiger charge is -2.15. The standard InChI is InChI=1S/C23H42O6/c1-5-7-9-24-11-13-26-15-17-28-22-20(3)19-21(4)23(22)29-18-16-27-14-12-25-10-8-6-2/h5-19H2,1-4H3. The first kappa shape index (κ1) is 26.0. The van der Waals surface area contributed by atoms with E-state index in [1.54, 1.807) is 0 Å². The molecule has 0 atom stereocenters. The normalized spacial score (nSPS) is 14.2. The lowest BCUT2D eigenvalue weighted by atomic mass is 10.2. The summed E-state index contributed by atoms with van der Waals surface area (Å²) in [6, 6.07) is 0. The van der Waals surface area contributed by atoms with E-state index >= 15 is 0 Å². The van der Waals surface area contributed by atoms with Crippen molar-refractivity contribution in [3.8, 4) is 0 Å². The van der Waals surface area contributed by atoms with Gasteiger partial charge in [0.05, 0.1) is 39.6 Å². The maximum absolute atomic E-state index is 5.95. The molecule has 170 valence electrons. The van der Waals surface area contributed by atoms with Crippen LogP contribution in [-0.2, 0) is 28.4 Å². The highest BCUT2D eigenvalue weighted by atomic mass is 16.6. The van der Waals surface area contributed by atoms with Gasteiger partial charge in [-0.25, -0.2) is 0 Å². The highest BCUT2D eigenvalue weighted by Gasteiger charge is 2.22. The lowest BCUT2D eigenvalue weighted by molar-refractivity contribution is 0.0165. The number of hydrogen-bond donors (Lipinski definition) is 0. The number of hydrogen-bond acceptors (Lipinski definition) is 6. The first-order valence-corrected chi connectivity index (χ1v) is 11.2. The van der Waals surface area contributed by atoms with Crippen molar-refractivity contribution >= 4 is 0 Å². The zero-order chi connectivity index (χ0) is 21.2. The molecule has 0 saturated carbocycles. The number of ether oxygens (including phenoxy) is 6. The quantitative estimate of drug-likeness (QED) is 0.271. The fourth-order valence-electron chi connectivity index (χ4n) is 2.87. The van der Waals surface area contributed by atoms with Crippen molar-refractivity contribution in [1.82, 2.24) is 0 Å². The first-order valence-electron chi connectivity index (χ1n) is 11.2. The Hall–Kier alpha value is -1.08. The van der Waals surface area contributed by atoms with Crippen molar-refractivity contribution in [2.45, 2.75) is 59.8 Å². The molecule has 0 aromatic rings. The van der Waals surface area contributed by atoms with E-state index in [0.717, 1.165) is 56.8 Å². The summed E-state index contributed by atoms with van der Waals surface area (Å²) in [6.45, 7) is 14.7. The van der Waals surface area contributed by atoms with Crippen LogP contribution >= 0.6 is 0 Å². The zero-order valence-electron chi connectivity index (χ0n) is 19.1. The molecule has 0 amide bonds. The van der Waals surface area contributed by atoms with Crippen molar-refractivity contribution in [2.75, 3.05) is 66.1 Å². The molecule has 0 heterocycles. The molecule has 1 aliphatic rings. The molecule has 6 nitrogen and oxygen atoms in total. The van der Waals surface area contributed by atoms with Crippen molar-refractivity contribution in [3.05, 3.63) is 22.7 Å². The Morgan fingerprint density at radius 2 is 0.862 bits per heavy atom. The summed E-state index contributed by atoms with van der Waals surface area (Å²) < 4.78 is 34.0. The van der Waals surface area contributed by atoms with Gasteiger partial charge in [-0.1, -0.05) is 26.7 Å². The van der Waals surface area contributed by atoms with Crippen LogP contribution in [0, 0.1) is 0 Å². The van der Waals surface area contributed by atoms with Crippen LogP contribution in [0.4, 0.5) is 0 Å². The van der Waals surface area contributed by atoms with Gasteiger partial charge < -0.3 is 28.4 Å². The molecule has 1 rings (SSSR count). The second-order valence-electron chi connectivity index (χ2n) is 7.25. The van der Waals surface area contributed by atoms with Crippen molar-refractivity contribution in [3.63, 3.8) is 0 Å². The number of allylic oxidation sites excluding steroid dienone is 2. The monoisotopic (exact) mass is 414 g/mol. The molecule has 0 unspecified atom stereocenters. The van der Waals surface area contributed by atoms with Crippen molar-refractivity contribution in [2.24, 2.45) is 0 Å². The molecule has 0 fully saturated rings. The highest BCUT2D eigenvalue weighted by molar-refractivity contribution is 5.38. The SMILES string of the molecule is CCCCOCCOCCOC1=C(C)CC(C)=C1OCCOCCOCCCC. The third kappa shape index (κ3) is 12.3. The van der Waals surface area contributed by atoms with Gasteiger partial charge >= 0.3 is 0 Å². The van der Waals surface area contributed by atoms with Crippen LogP contribution in [0.1, 0.15) is 59.8 Å². The van der Waals surface area contributed by atoms with Crippen molar-refractivity contribution in [1.29, 1.82) is 0 Å². The van der Waals surface area contributed by atoms with Gasteiger partial charge in [-0.15, -0.1) is 0 Å². The van der Waals surface area contributed by atoms with Gasteiger partial charge in [-0.2, -0.15) is 0 Å². The number of rotatable bonds is 20. The minimum atomic E-state index is 0.507. The molecular formula is C23H42O6. The molecule has 0 aliphatic heterocycles. The van der Waals surface area contributed by atoms with Gasteiger partial charge in [0.2, 0.25) is 0 Å². The van der Waals surface area contributed by atoms with Gasteiger partial charge in [0.25, 0.3) is 0 Å². The average Bonchev–Trinajstić information content (AvgIpc) is 2.98. The third-order valence-electron chi connectivity index (χ3n) is 4.49. The molecule has 0 bridgehead atoms. The predicted octanol–water partition coefficient (Wildman–Crippen LogP) is 4.64. The van der Waals surface area contributed by atoms with Crippen LogP contribution in [0.2, 0.25) is 0 Å². The van der Waals surface area contributed by atoms with Crippen LogP contribution in [0.25, 0.3) is 0 Å². The van der Waals surface area contributed by atoms with E-state index in [1.165, 1.54) is 11.1 Å². The minimum absolute atomic E-state index is 0.507. The largest absolute Gasteiger partial charge is 0.487 e. The Balaban J connectivity index is 2.12. The molecule has 0 aromatic heterocycles. The van der Waals surface area contributed by atoms with E-state index in [9.17, 15) is 0 Å². The molecule has 6 heteroatoms. The van der Waals surface area contributed by atoms with E-state index in [0.29, 0.717) is 52.9 Å². The summed E-state index contributed by atoms with van der Waals surface area (Å²) in [5.74, 6) is 1.71. The predicted molar refractivity (Wildman–Crippen MR) is 115 cm³/mol. The third-order valence-corrected chi connectivity index (χ3v) is 4.49. The fraction of sp³-hybridized carbons (Fsp3) is 0.826. The summed E-state index contributed by atoms with van der Waals surface area (Å²) in [5.41, 5.74) is 2.40. The summed E-state index contributed by atoms with van der Waals surface area (Å²) in [4.78, 5) is 0. The first-order chi connectivity index (χ1) is 14.2. The summed E-state index contributed by atoms with van der Waals surface area (Å²) in [7, 11) is 0. The maximum Gasteiger partial charge on any atom is 0.160 e. The Labute approximate surface area is 177 Å². The van der Waals surface area contributed by atoms with Crippen molar-refractivity contribution < 1.29 is 28.4 Å². The second kappa shape index (κ2) is 17.8. The lowest BCUT2D eigenvalue weighted by Crippen LogP contribution is -2.12. The Bertz CT molecular complexity index is 430. The zero-order valence-corrected chi connectivity index (χ0v) is 19.1. The van der Waals surface area contributed by atoms with Gasteiger partial charge in [0.1, 0.15) is 13.2 Å². The summed E-state index contributed by atoms with van der Waals surface area (Å²) in [6.07, 6.45) is 5.40. The Morgan fingerprint density at radius 1 is 0.517 bits per heavy atom. The molecular weight excluding hydrogens is 372 g/mol. The molecule has 0 aromatic carbocycles. The van der Waals surface area contributed by atoms with Gasteiger partial charge in [-0.3, -0.25) is 0 Å². The molecule has 0 radical (unpaired) electrons. The van der Waals surface area contributed by atoms with Crippen LogP contribution in [-0.4, -0.2) is 66.1 Å². The maximum atomic E-state index is 5.95. The van der Waals surface area contributed by atoms with Crippen LogP contribution in [0.15, 0.2) is 22.7 Å². The van der Waals surface area contributed by atoms with E-state index in [2.05, 4.69) is 27.7 Å². The van der Waals surface area contributed by atoms with Crippen LogP contribution < -0.4 is 0 Å². The van der Waals surface area contributed by atoms with E-state index in [-0.39, 0.29) is 0 Å². The summed E-state index contributed by atoms with van der Waals surface area (Å²) in [5, 5.41) is 0. The number of unbranched alkanes of at least 4 members (excludes halogenated alkanes) is 2. The highest BCUT2D eigenvalue weighted by Crippen LogP contribution is 2.33. The van der Waals surface area contributed by atoms with Gasteiger partial charge in [0.15, 0.2) is 11.5 Å². The van der Waals surface area contributed by atoms with E-state index in [4.69, 9.17) is 28.4 Å². The Morgan fingerprint density at radius 3 is 1.24 bits per heavy atom. The topological polar surface area (TPSA) is 55.4 Å². The average molecular weight is 415 g/mol. The Kier molecular flexibility index (Phi) is 15.9. The molecule has 0 saturated heterocycles. The second-order valence-corrected chi connectivity index (χ2v) is 7.25. The van der Waals surface area contributed by atoms with Crippen LogP contribution in [0.3, 0.4) is 0 Å². The van der Waals surface area contributed by atoms with E-state index in [1.807, 2.05) is 0 Å². The molecule has 29 heavy (non-hydrogen) atoms.